The normalized spacial score (nSPS) is 16.6. The molecule has 1 aliphatic heterocycles. The number of aryl methyl sites for hydroxylation is 1. The number of hydrogen-bond acceptors (Lipinski definition) is 6. The van der Waals surface area contributed by atoms with Gasteiger partial charge in [0.05, 0.1) is 29.5 Å². The first-order chi connectivity index (χ1) is 13.6. The summed E-state index contributed by atoms with van der Waals surface area (Å²) in [6, 6.07) is 8.59. The zero-order valence-electron chi connectivity index (χ0n) is 16.7. The maximum absolute atomic E-state index is 13.2. The van der Waals surface area contributed by atoms with Crippen molar-refractivity contribution in [2.24, 2.45) is 0 Å². The van der Waals surface area contributed by atoms with Crippen molar-refractivity contribution in [2.45, 2.75) is 43.1 Å². The predicted molar refractivity (Wildman–Crippen MR) is 107 cm³/mol. The Bertz CT molecular complexity index is 1040. The first-order valence-electron chi connectivity index (χ1n) is 9.37. The summed E-state index contributed by atoms with van der Waals surface area (Å²) < 4.78 is 65.2. The number of rotatable bonds is 7. The largest absolute Gasteiger partial charge is 0.465 e. The van der Waals surface area contributed by atoms with Gasteiger partial charge >= 0.3 is 0 Å². The summed E-state index contributed by atoms with van der Waals surface area (Å²) >= 11 is 0. The SMILES string of the molecule is Cc1ccc(CN(C(C)C)S(=O)(=O)c2ccc(S(=O)(=O)N3CCOCC3)cc2)o1. The van der Waals surface area contributed by atoms with Gasteiger partial charge in [0, 0.05) is 19.1 Å². The molecule has 0 unspecified atom stereocenters. The molecule has 0 aliphatic carbocycles. The van der Waals surface area contributed by atoms with Crippen LogP contribution in [0.25, 0.3) is 0 Å². The molecule has 0 bridgehead atoms. The second-order valence-corrected chi connectivity index (χ2v) is 11.0. The average molecular weight is 443 g/mol. The van der Waals surface area contributed by atoms with Crippen LogP contribution < -0.4 is 0 Å². The first-order valence-corrected chi connectivity index (χ1v) is 12.3. The van der Waals surface area contributed by atoms with Gasteiger partial charge in [-0.1, -0.05) is 0 Å². The fraction of sp³-hybridized carbons (Fsp3) is 0.474. The molecule has 160 valence electrons. The van der Waals surface area contributed by atoms with Crippen molar-refractivity contribution in [3.63, 3.8) is 0 Å². The number of nitrogens with zero attached hydrogens (tertiary/aromatic N) is 2. The van der Waals surface area contributed by atoms with Crippen molar-refractivity contribution in [2.75, 3.05) is 26.3 Å². The zero-order valence-corrected chi connectivity index (χ0v) is 18.4. The van der Waals surface area contributed by atoms with Gasteiger partial charge in [-0.25, -0.2) is 16.8 Å². The van der Waals surface area contributed by atoms with Gasteiger partial charge < -0.3 is 9.15 Å². The summed E-state index contributed by atoms with van der Waals surface area (Å²) in [5, 5.41) is 0. The van der Waals surface area contributed by atoms with Crippen molar-refractivity contribution < 1.29 is 26.0 Å². The second-order valence-electron chi connectivity index (χ2n) is 7.14. The Balaban J connectivity index is 1.86. The van der Waals surface area contributed by atoms with Gasteiger partial charge in [-0.05, 0) is 57.2 Å². The van der Waals surface area contributed by atoms with Crippen molar-refractivity contribution in [3.8, 4) is 0 Å². The highest BCUT2D eigenvalue weighted by atomic mass is 32.2. The van der Waals surface area contributed by atoms with Crippen LogP contribution in [0, 0.1) is 6.92 Å². The molecule has 0 N–H and O–H groups in total. The fourth-order valence-electron chi connectivity index (χ4n) is 3.12. The number of ether oxygens (including phenoxy) is 1. The van der Waals surface area contributed by atoms with E-state index in [9.17, 15) is 16.8 Å². The summed E-state index contributed by atoms with van der Waals surface area (Å²) in [4.78, 5) is 0.103. The Morgan fingerprint density at radius 1 is 0.966 bits per heavy atom. The minimum absolute atomic E-state index is 0.0374. The highest BCUT2D eigenvalue weighted by molar-refractivity contribution is 7.89. The molecule has 0 atom stereocenters. The van der Waals surface area contributed by atoms with Crippen LogP contribution >= 0.6 is 0 Å². The van der Waals surface area contributed by atoms with E-state index in [1.54, 1.807) is 32.9 Å². The molecule has 2 heterocycles. The van der Waals surface area contributed by atoms with E-state index < -0.39 is 20.0 Å². The average Bonchev–Trinajstić information content (AvgIpc) is 3.11. The van der Waals surface area contributed by atoms with Crippen LogP contribution in [0.4, 0.5) is 0 Å². The Morgan fingerprint density at radius 2 is 1.55 bits per heavy atom. The molecule has 1 aromatic carbocycles. The Morgan fingerprint density at radius 3 is 2.07 bits per heavy atom. The number of furan rings is 1. The lowest BCUT2D eigenvalue weighted by atomic mass is 10.3. The van der Waals surface area contributed by atoms with Gasteiger partial charge in [0.2, 0.25) is 20.0 Å². The Hall–Kier alpha value is -1.72. The topological polar surface area (TPSA) is 97.1 Å². The predicted octanol–water partition coefficient (Wildman–Crippen LogP) is 2.21. The van der Waals surface area contributed by atoms with Crippen molar-refractivity contribution in [1.29, 1.82) is 0 Å². The number of hydrogen-bond donors (Lipinski definition) is 0. The third kappa shape index (κ3) is 4.72. The second kappa shape index (κ2) is 8.57. The molecule has 3 rings (SSSR count). The first kappa shape index (κ1) is 22.0. The summed E-state index contributed by atoms with van der Waals surface area (Å²) in [5.41, 5.74) is 0. The molecule has 10 heteroatoms. The van der Waals surface area contributed by atoms with Gasteiger partial charge in [0.1, 0.15) is 11.5 Å². The third-order valence-electron chi connectivity index (χ3n) is 4.72. The van der Waals surface area contributed by atoms with Crippen LogP contribution in [0.1, 0.15) is 25.4 Å². The van der Waals surface area contributed by atoms with Gasteiger partial charge in [0.15, 0.2) is 0 Å². The van der Waals surface area contributed by atoms with Crippen molar-refractivity contribution >= 4 is 20.0 Å². The van der Waals surface area contributed by atoms with E-state index in [4.69, 9.17) is 9.15 Å². The fourth-order valence-corrected chi connectivity index (χ4v) is 6.13. The molecule has 8 nitrogen and oxygen atoms in total. The van der Waals surface area contributed by atoms with E-state index in [1.807, 2.05) is 0 Å². The lowest BCUT2D eigenvalue weighted by Crippen LogP contribution is -2.40. The highest BCUT2D eigenvalue weighted by Crippen LogP contribution is 2.24. The van der Waals surface area contributed by atoms with E-state index in [-0.39, 0.29) is 35.5 Å². The van der Waals surface area contributed by atoms with E-state index in [0.717, 1.165) is 0 Å². The van der Waals surface area contributed by atoms with Crippen LogP contribution in [0.15, 0.2) is 50.6 Å². The maximum atomic E-state index is 13.2. The molecule has 0 radical (unpaired) electrons. The summed E-state index contributed by atoms with van der Waals surface area (Å²) in [7, 11) is -7.51. The van der Waals surface area contributed by atoms with Crippen molar-refractivity contribution in [1.82, 2.24) is 8.61 Å². The molecule has 1 aliphatic rings. The van der Waals surface area contributed by atoms with Crippen LogP contribution in [-0.2, 0) is 31.3 Å². The third-order valence-corrected chi connectivity index (χ3v) is 8.67. The maximum Gasteiger partial charge on any atom is 0.243 e. The molecular weight excluding hydrogens is 416 g/mol. The van der Waals surface area contributed by atoms with E-state index in [2.05, 4.69) is 0 Å². The lowest BCUT2D eigenvalue weighted by Gasteiger charge is -2.27. The van der Waals surface area contributed by atoms with Crippen LogP contribution in [0.2, 0.25) is 0 Å². The van der Waals surface area contributed by atoms with E-state index in [1.165, 1.54) is 32.9 Å². The van der Waals surface area contributed by atoms with Gasteiger partial charge in [0.25, 0.3) is 0 Å². The van der Waals surface area contributed by atoms with Crippen LogP contribution in [0.5, 0.6) is 0 Å². The summed E-state index contributed by atoms with van der Waals surface area (Å²) in [5.74, 6) is 1.25. The molecule has 0 amide bonds. The van der Waals surface area contributed by atoms with Gasteiger partial charge in [-0.2, -0.15) is 8.61 Å². The molecule has 1 saturated heterocycles. The zero-order chi connectivity index (χ0) is 21.2. The van der Waals surface area contributed by atoms with E-state index in [0.29, 0.717) is 24.7 Å². The molecule has 1 aromatic heterocycles. The van der Waals surface area contributed by atoms with Gasteiger partial charge in [-0.15, -0.1) is 0 Å². The summed E-state index contributed by atoms with van der Waals surface area (Å²) in [6.45, 7) is 6.73. The quantitative estimate of drug-likeness (QED) is 0.652. The molecule has 29 heavy (non-hydrogen) atoms. The minimum Gasteiger partial charge on any atom is -0.465 e. The number of sulfonamides is 2. The lowest BCUT2D eigenvalue weighted by molar-refractivity contribution is 0.0730. The highest BCUT2D eigenvalue weighted by Gasteiger charge is 2.30. The number of benzene rings is 1. The minimum atomic E-state index is -3.83. The molecule has 0 saturated carbocycles. The molecule has 1 fully saturated rings. The number of morpholine rings is 1. The molecule has 0 spiro atoms. The molecular formula is C19H26N2O6S2. The Kier molecular flexibility index (Phi) is 6.49. The smallest absolute Gasteiger partial charge is 0.243 e. The van der Waals surface area contributed by atoms with Crippen LogP contribution in [-0.4, -0.2) is 57.8 Å². The van der Waals surface area contributed by atoms with Gasteiger partial charge in [-0.3, -0.25) is 0 Å². The monoisotopic (exact) mass is 442 g/mol. The molecule has 2 aromatic rings. The Labute approximate surface area is 172 Å². The van der Waals surface area contributed by atoms with Crippen molar-refractivity contribution in [3.05, 3.63) is 47.9 Å². The standard InChI is InChI=1S/C19H26N2O6S2/c1-15(2)21(14-17-5-4-16(3)27-17)29(24,25)19-8-6-18(7-9-19)28(22,23)20-10-12-26-13-11-20/h4-9,15H,10-14H2,1-3H3. The van der Waals surface area contributed by atoms with Crippen LogP contribution in [0.3, 0.4) is 0 Å². The van der Waals surface area contributed by atoms with E-state index >= 15 is 0 Å². The summed E-state index contributed by atoms with van der Waals surface area (Å²) in [6.07, 6.45) is 0.